The molecule has 118 valence electrons. The van der Waals surface area contributed by atoms with Crippen LogP contribution < -0.4 is 0 Å². The van der Waals surface area contributed by atoms with Crippen LogP contribution in [0.5, 0.6) is 0 Å². The molecule has 1 saturated carbocycles. The lowest BCUT2D eigenvalue weighted by molar-refractivity contribution is 0.258. The van der Waals surface area contributed by atoms with Gasteiger partial charge in [0, 0.05) is 6.61 Å². The zero-order valence-electron chi connectivity index (χ0n) is 14.9. The first kappa shape index (κ1) is 18.0. The summed E-state index contributed by atoms with van der Waals surface area (Å²) in [6, 6.07) is 0. The molecule has 1 aliphatic carbocycles. The Labute approximate surface area is 128 Å². The fourth-order valence-electron chi connectivity index (χ4n) is 2.75. The van der Waals surface area contributed by atoms with Crippen molar-refractivity contribution >= 4 is 8.32 Å². The van der Waals surface area contributed by atoms with Crippen LogP contribution in [0.4, 0.5) is 0 Å². The van der Waals surface area contributed by atoms with Gasteiger partial charge in [0.05, 0.1) is 0 Å². The summed E-state index contributed by atoms with van der Waals surface area (Å²) in [7, 11) is -1.59. The lowest BCUT2D eigenvalue weighted by atomic mass is 9.83. The molecule has 0 aromatic heterocycles. The molecule has 20 heavy (non-hydrogen) atoms. The maximum absolute atomic E-state index is 6.34. The van der Waals surface area contributed by atoms with E-state index in [1.165, 1.54) is 32.1 Å². The minimum absolute atomic E-state index is 0.314. The van der Waals surface area contributed by atoms with E-state index < -0.39 is 8.32 Å². The van der Waals surface area contributed by atoms with Crippen molar-refractivity contribution in [3.63, 3.8) is 0 Å². The fourth-order valence-corrected chi connectivity index (χ4v) is 3.86. The highest BCUT2D eigenvalue weighted by atomic mass is 28.4. The first-order chi connectivity index (χ1) is 9.13. The van der Waals surface area contributed by atoms with Crippen molar-refractivity contribution in [2.45, 2.75) is 84.9 Å². The Balaban J connectivity index is 2.48. The average molecular weight is 297 g/mol. The maximum Gasteiger partial charge on any atom is 0.192 e. The number of allylic oxidation sites excluding steroid dienone is 1. The molecule has 1 aliphatic rings. The van der Waals surface area contributed by atoms with Gasteiger partial charge in [-0.05, 0) is 49.7 Å². The quantitative estimate of drug-likeness (QED) is 0.435. The van der Waals surface area contributed by atoms with E-state index in [0.717, 1.165) is 12.5 Å². The van der Waals surface area contributed by atoms with Gasteiger partial charge in [0.1, 0.15) is 0 Å². The van der Waals surface area contributed by atoms with E-state index in [0.29, 0.717) is 11.0 Å². The van der Waals surface area contributed by atoms with Crippen molar-refractivity contribution in [1.29, 1.82) is 0 Å². The summed E-state index contributed by atoms with van der Waals surface area (Å²) in [6.45, 7) is 17.2. The van der Waals surface area contributed by atoms with E-state index in [1.807, 2.05) is 0 Å². The number of rotatable bonds is 5. The molecule has 1 unspecified atom stereocenters. The molecule has 0 saturated heterocycles. The predicted molar refractivity (Wildman–Crippen MR) is 92.6 cm³/mol. The minimum atomic E-state index is -1.59. The van der Waals surface area contributed by atoms with Crippen LogP contribution in [0.25, 0.3) is 0 Å². The second-order valence-electron chi connectivity index (χ2n) is 8.29. The molecule has 0 aliphatic heterocycles. The van der Waals surface area contributed by atoms with Crippen LogP contribution in [0.3, 0.4) is 0 Å². The highest BCUT2D eigenvalue weighted by Gasteiger charge is 2.37. The van der Waals surface area contributed by atoms with Gasteiger partial charge in [0.2, 0.25) is 0 Å². The van der Waals surface area contributed by atoms with Crippen molar-refractivity contribution in [3.05, 3.63) is 11.6 Å². The molecule has 0 heterocycles. The van der Waals surface area contributed by atoms with Crippen molar-refractivity contribution < 1.29 is 4.43 Å². The van der Waals surface area contributed by atoms with E-state index in [4.69, 9.17) is 4.43 Å². The summed E-state index contributed by atoms with van der Waals surface area (Å²) in [5, 5.41) is 0.314. The second kappa shape index (κ2) is 7.26. The Bertz CT molecular complexity index is 319. The minimum Gasteiger partial charge on any atom is -0.416 e. The largest absolute Gasteiger partial charge is 0.416 e. The topological polar surface area (TPSA) is 9.23 Å². The van der Waals surface area contributed by atoms with Gasteiger partial charge in [-0.15, -0.1) is 0 Å². The Morgan fingerprint density at radius 2 is 1.75 bits per heavy atom. The molecule has 1 nitrogen and oxygen atoms in total. The van der Waals surface area contributed by atoms with Gasteiger partial charge in [0.15, 0.2) is 8.32 Å². The van der Waals surface area contributed by atoms with Gasteiger partial charge < -0.3 is 4.43 Å². The molecule has 0 aromatic rings. The summed E-state index contributed by atoms with van der Waals surface area (Å²) in [4.78, 5) is 0. The monoisotopic (exact) mass is 296 g/mol. The lowest BCUT2D eigenvalue weighted by Gasteiger charge is -2.36. The first-order valence-electron chi connectivity index (χ1n) is 8.46. The van der Waals surface area contributed by atoms with Crippen molar-refractivity contribution in [2.24, 2.45) is 11.8 Å². The Hall–Kier alpha value is -0.0831. The molecule has 0 aromatic carbocycles. The smallest absolute Gasteiger partial charge is 0.192 e. The van der Waals surface area contributed by atoms with Gasteiger partial charge in [-0.1, -0.05) is 58.6 Å². The molecule has 0 spiro atoms. The summed E-state index contributed by atoms with van der Waals surface area (Å²) in [5.74, 6) is 1.39. The summed E-state index contributed by atoms with van der Waals surface area (Å²) >= 11 is 0. The molecule has 0 radical (unpaired) electrons. The van der Waals surface area contributed by atoms with Gasteiger partial charge in [0.25, 0.3) is 0 Å². The van der Waals surface area contributed by atoms with Gasteiger partial charge in [-0.2, -0.15) is 0 Å². The third kappa shape index (κ3) is 5.36. The number of hydrogen-bond donors (Lipinski definition) is 0. The maximum atomic E-state index is 6.34. The van der Waals surface area contributed by atoms with E-state index in [-0.39, 0.29) is 0 Å². The predicted octanol–water partition coefficient (Wildman–Crippen LogP) is 6.17. The standard InChI is InChI=1S/C18H36OSi/c1-15(14-19-20(6,7)18(3,4)5)13-16(2)17-11-9-8-10-12-17/h13,15,17H,8-12,14H2,1-7H3/b16-13+. The Kier molecular flexibility index (Phi) is 6.52. The molecule has 1 atom stereocenters. The normalized spacial score (nSPS) is 21.1. The van der Waals surface area contributed by atoms with Gasteiger partial charge in [-0.25, -0.2) is 0 Å². The van der Waals surface area contributed by atoms with Crippen LogP contribution in [0, 0.1) is 11.8 Å². The zero-order valence-corrected chi connectivity index (χ0v) is 15.9. The fraction of sp³-hybridized carbons (Fsp3) is 0.889. The van der Waals surface area contributed by atoms with E-state index in [2.05, 4.69) is 53.8 Å². The third-order valence-corrected chi connectivity index (χ3v) is 9.81. The number of hydrogen-bond acceptors (Lipinski definition) is 1. The molecule has 0 N–H and O–H groups in total. The van der Waals surface area contributed by atoms with Gasteiger partial charge in [-0.3, -0.25) is 0 Å². The molecule has 1 rings (SSSR count). The molecule has 1 fully saturated rings. The third-order valence-electron chi connectivity index (χ3n) is 5.31. The van der Waals surface area contributed by atoms with Crippen molar-refractivity contribution in [1.82, 2.24) is 0 Å². The van der Waals surface area contributed by atoms with Crippen molar-refractivity contribution in [2.75, 3.05) is 6.61 Å². The summed E-state index contributed by atoms with van der Waals surface area (Å²) in [6.07, 6.45) is 9.56. The molecular formula is C18H36OSi. The van der Waals surface area contributed by atoms with Crippen LogP contribution in [-0.2, 0) is 4.43 Å². The SMILES string of the molecule is C/C(=C\C(C)CO[Si](C)(C)C(C)(C)C)C1CCCCC1. The van der Waals surface area contributed by atoms with E-state index >= 15 is 0 Å². The average Bonchev–Trinajstić information content (AvgIpc) is 2.36. The van der Waals surface area contributed by atoms with Crippen LogP contribution >= 0.6 is 0 Å². The van der Waals surface area contributed by atoms with Crippen LogP contribution in [0.1, 0.15) is 66.7 Å². The van der Waals surface area contributed by atoms with Gasteiger partial charge >= 0.3 is 0 Å². The Morgan fingerprint density at radius 1 is 1.20 bits per heavy atom. The lowest BCUT2D eigenvalue weighted by Crippen LogP contribution is -2.41. The molecular weight excluding hydrogens is 260 g/mol. The van der Waals surface area contributed by atoms with Crippen LogP contribution in [0.2, 0.25) is 18.1 Å². The van der Waals surface area contributed by atoms with Crippen LogP contribution in [-0.4, -0.2) is 14.9 Å². The zero-order chi connectivity index (χ0) is 15.4. The second-order valence-corrected chi connectivity index (χ2v) is 13.1. The van der Waals surface area contributed by atoms with Crippen molar-refractivity contribution in [3.8, 4) is 0 Å². The van der Waals surface area contributed by atoms with Crippen LogP contribution in [0.15, 0.2) is 11.6 Å². The highest BCUT2D eigenvalue weighted by molar-refractivity contribution is 6.74. The molecule has 2 heteroatoms. The Morgan fingerprint density at radius 3 is 2.25 bits per heavy atom. The van der Waals surface area contributed by atoms with E-state index in [1.54, 1.807) is 5.57 Å². The first-order valence-corrected chi connectivity index (χ1v) is 11.4. The molecule has 0 bridgehead atoms. The summed E-state index contributed by atoms with van der Waals surface area (Å²) < 4.78 is 6.34. The van der Waals surface area contributed by atoms with E-state index in [9.17, 15) is 0 Å². The highest BCUT2D eigenvalue weighted by Crippen LogP contribution is 2.37. The molecule has 0 amide bonds. The summed E-state index contributed by atoms with van der Waals surface area (Å²) in [5.41, 5.74) is 1.61.